The molecule has 0 spiro atoms. The lowest BCUT2D eigenvalue weighted by Gasteiger charge is -1.97. The minimum absolute atomic E-state index is 0.0683. The van der Waals surface area contributed by atoms with Crippen LogP contribution < -0.4 is 4.74 Å². The maximum absolute atomic E-state index is 12.2. The van der Waals surface area contributed by atoms with Gasteiger partial charge < -0.3 is 4.74 Å². The van der Waals surface area contributed by atoms with Crippen molar-refractivity contribution in [3.05, 3.63) is 24.3 Å². The quantitative estimate of drug-likeness (QED) is 0.624. The van der Waals surface area contributed by atoms with Gasteiger partial charge in [0, 0.05) is 6.07 Å². The molecule has 0 saturated heterocycles. The van der Waals surface area contributed by atoms with E-state index in [9.17, 15) is 8.78 Å². The van der Waals surface area contributed by atoms with Crippen molar-refractivity contribution in [3.8, 4) is 5.75 Å². The third kappa shape index (κ3) is 1.65. The van der Waals surface area contributed by atoms with Crippen molar-refractivity contribution in [3.63, 3.8) is 0 Å². The first-order chi connectivity index (χ1) is 4.83. The molecule has 0 atom stereocenters. The standard InChI is InChI=1S/C6H4F2NO/c7-4-10-6-1-5(8)2-9-3-6/h1,3H,4H2. The van der Waals surface area contributed by atoms with Crippen molar-refractivity contribution < 1.29 is 13.5 Å². The number of aromatic nitrogens is 1. The van der Waals surface area contributed by atoms with E-state index >= 15 is 0 Å². The minimum Gasteiger partial charge on any atom is -0.461 e. The molecule has 0 unspecified atom stereocenters. The summed E-state index contributed by atoms with van der Waals surface area (Å²) in [5.74, 6) is -0.593. The molecule has 0 aromatic carbocycles. The smallest absolute Gasteiger partial charge is 0.228 e. The Balaban J connectivity index is 2.75. The molecule has 0 aliphatic carbocycles. The summed E-state index contributed by atoms with van der Waals surface area (Å²) in [7, 11) is 0. The summed E-state index contributed by atoms with van der Waals surface area (Å²) in [6, 6.07) is 1.01. The lowest BCUT2D eigenvalue weighted by Crippen LogP contribution is -1.91. The molecule has 0 aliphatic rings. The van der Waals surface area contributed by atoms with E-state index < -0.39 is 12.7 Å². The van der Waals surface area contributed by atoms with Crippen LogP contribution >= 0.6 is 0 Å². The van der Waals surface area contributed by atoms with Gasteiger partial charge in [-0.2, -0.15) is 0 Å². The van der Waals surface area contributed by atoms with Gasteiger partial charge >= 0.3 is 0 Å². The predicted molar refractivity (Wildman–Crippen MR) is 29.6 cm³/mol. The first-order valence-corrected chi connectivity index (χ1v) is 2.55. The van der Waals surface area contributed by atoms with Crippen molar-refractivity contribution in [1.82, 2.24) is 4.98 Å². The Labute approximate surface area is 56.5 Å². The lowest BCUT2D eigenvalue weighted by atomic mass is 10.4. The maximum atomic E-state index is 12.2. The number of nitrogens with zero attached hydrogens (tertiary/aromatic N) is 1. The highest BCUT2D eigenvalue weighted by Gasteiger charge is 1.94. The van der Waals surface area contributed by atoms with E-state index in [1.54, 1.807) is 0 Å². The molecule has 0 N–H and O–H groups in total. The Morgan fingerprint density at radius 1 is 1.70 bits per heavy atom. The molecule has 0 bridgehead atoms. The van der Waals surface area contributed by atoms with Gasteiger partial charge in [-0.3, -0.25) is 0 Å². The summed E-state index contributed by atoms with van der Waals surface area (Å²) in [5.41, 5.74) is 0. The average molecular weight is 144 g/mol. The molecule has 0 saturated carbocycles. The summed E-state index contributed by atoms with van der Waals surface area (Å²) in [6.07, 6.45) is 3.19. The van der Waals surface area contributed by atoms with Gasteiger partial charge in [0.05, 0.1) is 6.20 Å². The van der Waals surface area contributed by atoms with Crippen LogP contribution in [0, 0.1) is 12.0 Å². The molecule has 0 amide bonds. The average Bonchev–Trinajstić information content (AvgIpc) is 1.88. The second kappa shape index (κ2) is 3.10. The number of hydrogen-bond acceptors (Lipinski definition) is 2. The van der Waals surface area contributed by atoms with Crippen LogP contribution in [0.1, 0.15) is 0 Å². The Bertz CT molecular complexity index is 217. The summed E-state index contributed by atoms with van der Waals surface area (Å²) in [5, 5.41) is 0. The van der Waals surface area contributed by atoms with Gasteiger partial charge in [-0.1, -0.05) is 0 Å². The molecular weight excluding hydrogens is 140 g/mol. The van der Waals surface area contributed by atoms with Gasteiger partial charge in [-0.25, -0.2) is 13.8 Å². The zero-order valence-electron chi connectivity index (χ0n) is 4.97. The van der Waals surface area contributed by atoms with E-state index in [0.29, 0.717) is 0 Å². The monoisotopic (exact) mass is 144 g/mol. The fraction of sp³-hybridized carbons (Fsp3) is 0.167. The molecule has 0 aliphatic heterocycles. The fourth-order valence-electron chi connectivity index (χ4n) is 0.494. The van der Waals surface area contributed by atoms with E-state index in [-0.39, 0.29) is 5.75 Å². The van der Waals surface area contributed by atoms with Gasteiger partial charge in [-0.05, 0) is 0 Å². The van der Waals surface area contributed by atoms with Crippen LogP contribution in [0.3, 0.4) is 0 Å². The first kappa shape index (κ1) is 6.92. The maximum Gasteiger partial charge on any atom is 0.228 e. The van der Waals surface area contributed by atoms with E-state index in [2.05, 4.69) is 9.72 Å². The van der Waals surface area contributed by atoms with E-state index in [0.717, 1.165) is 6.07 Å². The number of halogens is 2. The minimum atomic E-state index is -0.981. The molecular formula is C6H4F2NO. The molecule has 1 aromatic heterocycles. The van der Waals surface area contributed by atoms with E-state index in [1.165, 1.54) is 6.20 Å². The zero-order valence-corrected chi connectivity index (χ0v) is 4.97. The van der Waals surface area contributed by atoms with Crippen molar-refractivity contribution in [2.45, 2.75) is 0 Å². The Morgan fingerprint density at radius 2 is 2.50 bits per heavy atom. The Hall–Kier alpha value is -1.19. The summed E-state index contributed by atoms with van der Waals surface area (Å²) < 4.78 is 27.9. The second-order valence-corrected chi connectivity index (χ2v) is 1.52. The summed E-state index contributed by atoms with van der Waals surface area (Å²) in [4.78, 5) is 3.31. The summed E-state index contributed by atoms with van der Waals surface area (Å²) in [6.45, 7) is -0.981. The molecule has 53 valence electrons. The predicted octanol–water partition coefficient (Wildman–Crippen LogP) is 1.33. The van der Waals surface area contributed by atoms with Crippen LogP contribution in [0.2, 0.25) is 0 Å². The third-order valence-electron chi connectivity index (χ3n) is 0.853. The molecule has 1 heterocycles. The number of hydrogen-bond donors (Lipinski definition) is 0. The van der Waals surface area contributed by atoms with Crippen LogP contribution in [0.15, 0.2) is 12.3 Å². The van der Waals surface area contributed by atoms with Crippen LogP contribution in [0.25, 0.3) is 0 Å². The van der Waals surface area contributed by atoms with E-state index in [1.807, 2.05) is 6.20 Å². The van der Waals surface area contributed by atoms with Crippen LogP contribution in [-0.4, -0.2) is 11.8 Å². The van der Waals surface area contributed by atoms with Crippen molar-refractivity contribution >= 4 is 0 Å². The third-order valence-corrected chi connectivity index (χ3v) is 0.853. The summed E-state index contributed by atoms with van der Waals surface area (Å²) >= 11 is 0. The molecule has 1 aromatic rings. The first-order valence-electron chi connectivity index (χ1n) is 2.55. The van der Waals surface area contributed by atoms with Crippen molar-refractivity contribution in [1.29, 1.82) is 0 Å². The van der Waals surface area contributed by atoms with Crippen LogP contribution in [0.4, 0.5) is 8.78 Å². The number of alkyl halides is 1. The molecule has 2 nitrogen and oxygen atoms in total. The number of pyridine rings is 1. The molecule has 10 heavy (non-hydrogen) atoms. The highest BCUT2D eigenvalue weighted by atomic mass is 19.1. The van der Waals surface area contributed by atoms with Gasteiger partial charge in [0.1, 0.15) is 11.9 Å². The van der Waals surface area contributed by atoms with Gasteiger partial charge in [-0.15, -0.1) is 0 Å². The van der Waals surface area contributed by atoms with E-state index in [4.69, 9.17) is 0 Å². The van der Waals surface area contributed by atoms with Gasteiger partial charge in [0.25, 0.3) is 0 Å². The molecule has 4 heteroatoms. The highest BCUT2D eigenvalue weighted by Crippen LogP contribution is 2.08. The molecule has 0 fully saturated rings. The van der Waals surface area contributed by atoms with Crippen molar-refractivity contribution in [2.75, 3.05) is 6.86 Å². The SMILES string of the molecule is FCOc1cn[c]c(F)c1. The number of ether oxygens (including phenoxy) is 1. The number of rotatable bonds is 2. The second-order valence-electron chi connectivity index (χ2n) is 1.52. The van der Waals surface area contributed by atoms with Gasteiger partial charge in [0.15, 0.2) is 5.82 Å². The highest BCUT2D eigenvalue weighted by molar-refractivity contribution is 5.15. The largest absolute Gasteiger partial charge is 0.461 e. The molecule has 1 rings (SSSR count). The zero-order chi connectivity index (χ0) is 7.40. The van der Waals surface area contributed by atoms with Gasteiger partial charge in [0.2, 0.25) is 6.86 Å². The van der Waals surface area contributed by atoms with Crippen LogP contribution in [0.5, 0.6) is 5.75 Å². The Kier molecular flexibility index (Phi) is 2.15. The topological polar surface area (TPSA) is 22.1 Å². The van der Waals surface area contributed by atoms with Crippen LogP contribution in [-0.2, 0) is 0 Å². The normalized spacial score (nSPS) is 9.40. The van der Waals surface area contributed by atoms with Crippen molar-refractivity contribution in [2.24, 2.45) is 0 Å². The molecule has 1 radical (unpaired) electrons. The Morgan fingerprint density at radius 3 is 3.10 bits per heavy atom. The fourth-order valence-corrected chi connectivity index (χ4v) is 0.494. The lowest BCUT2D eigenvalue weighted by molar-refractivity contribution is 0.190.